The van der Waals surface area contributed by atoms with Gasteiger partial charge in [-0.25, -0.2) is 0 Å². The molecule has 2 nitrogen and oxygen atoms in total. The minimum absolute atomic E-state index is 0.454. The van der Waals surface area contributed by atoms with Crippen molar-refractivity contribution < 1.29 is 0 Å². The first-order valence-electron chi connectivity index (χ1n) is 2.53. The highest BCUT2D eigenvalue weighted by molar-refractivity contribution is 8.00. The average Bonchev–Trinajstić information content (AvgIpc) is 2.15. The van der Waals surface area contributed by atoms with Gasteiger partial charge in [-0.05, 0) is 0 Å². The average molecular weight is 126 g/mol. The van der Waals surface area contributed by atoms with E-state index in [-0.39, 0.29) is 0 Å². The third-order valence-corrected chi connectivity index (χ3v) is 2.19. The lowest BCUT2D eigenvalue weighted by atomic mass is 10.6. The van der Waals surface area contributed by atoms with Gasteiger partial charge in [0.25, 0.3) is 0 Å². The molecule has 0 aromatic rings. The molecule has 0 saturated carbocycles. The zero-order chi connectivity index (χ0) is 5.40. The molecule has 1 N–H and O–H groups in total. The van der Waals surface area contributed by atoms with E-state index in [0.29, 0.717) is 5.50 Å². The smallest absolute Gasteiger partial charge is 0.148 e. The Bertz CT molecular complexity index is 124. The summed E-state index contributed by atoms with van der Waals surface area (Å²) in [5, 5.41) is 3.16. The zero-order valence-corrected chi connectivity index (χ0v) is 5.11. The summed E-state index contributed by atoms with van der Waals surface area (Å²) in [7, 11) is 0. The van der Waals surface area contributed by atoms with Crippen molar-refractivity contribution in [1.29, 1.82) is 0 Å². The summed E-state index contributed by atoms with van der Waals surface area (Å²) < 4.78 is 0. The zero-order valence-electron chi connectivity index (χ0n) is 4.29. The predicted molar refractivity (Wildman–Crippen MR) is 33.6 cm³/mol. The topological polar surface area (TPSA) is 15.3 Å². The Hall–Kier alpha value is -0.310. The second-order valence-corrected chi connectivity index (χ2v) is 2.78. The third kappa shape index (κ3) is 0.508. The maximum atomic E-state index is 3.17. The van der Waals surface area contributed by atoms with E-state index in [1.54, 1.807) is 0 Å². The fourth-order valence-electron chi connectivity index (χ4n) is 0.819. The summed E-state index contributed by atoms with van der Waals surface area (Å²) in [4.78, 5) is 2.06. The molecule has 2 aliphatic heterocycles. The SMILES string of the molecule is [C]1CSC2NC=CN12. The largest absolute Gasteiger partial charge is 0.361 e. The molecule has 2 heterocycles. The second kappa shape index (κ2) is 1.58. The van der Waals surface area contributed by atoms with Gasteiger partial charge in [0.05, 0.1) is 0 Å². The van der Waals surface area contributed by atoms with Crippen LogP contribution in [0, 0.1) is 6.54 Å². The van der Waals surface area contributed by atoms with Gasteiger partial charge in [-0.2, -0.15) is 0 Å². The van der Waals surface area contributed by atoms with Gasteiger partial charge in [0.2, 0.25) is 0 Å². The molecular formula is C5H6N2S. The standard InChI is InChI=1S/C5H6N2S/c1-2-7-3-4-8-5(7)6-1/h1-2,5-6H,4H2. The van der Waals surface area contributed by atoms with Gasteiger partial charge in [0.15, 0.2) is 0 Å². The van der Waals surface area contributed by atoms with Crippen molar-refractivity contribution in [3.8, 4) is 0 Å². The van der Waals surface area contributed by atoms with Gasteiger partial charge in [0, 0.05) is 18.2 Å². The first kappa shape index (κ1) is 4.56. The van der Waals surface area contributed by atoms with Crippen LogP contribution in [0.25, 0.3) is 0 Å². The van der Waals surface area contributed by atoms with Crippen LogP contribution in [0.15, 0.2) is 12.4 Å². The van der Waals surface area contributed by atoms with Crippen LogP contribution in [-0.4, -0.2) is 16.2 Å². The molecule has 1 saturated heterocycles. The van der Waals surface area contributed by atoms with E-state index < -0.39 is 0 Å². The molecule has 3 heteroatoms. The Morgan fingerprint density at radius 3 is 3.75 bits per heavy atom. The van der Waals surface area contributed by atoms with Crippen LogP contribution < -0.4 is 5.32 Å². The molecule has 1 unspecified atom stereocenters. The Labute approximate surface area is 52.9 Å². The molecule has 42 valence electrons. The Morgan fingerprint density at radius 2 is 2.88 bits per heavy atom. The van der Waals surface area contributed by atoms with Crippen LogP contribution in [0.5, 0.6) is 0 Å². The molecule has 1 atom stereocenters. The predicted octanol–water partition coefficient (Wildman–Crippen LogP) is 0.432. The van der Waals surface area contributed by atoms with Crippen molar-refractivity contribution in [2.75, 3.05) is 5.75 Å². The van der Waals surface area contributed by atoms with Gasteiger partial charge < -0.3 is 10.2 Å². The molecule has 2 rings (SSSR count). The number of rotatable bonds is 0. The second-order valence-electron chi connectivity index (χ2n) is 1.71. The van der Waals surface area contributed by atoms with Crippen molar-refractivity contribution in [1.82, 2.24) is 10.2 Å². The Morgan fingerprint density at radius 1 is 1.88 bits per heavy atom. The van der Waals surface area contributed by atoms with Crippen molar-refractivity contribution >= 4 is 11.8 Å². The number of nitrogens with zero attached hydrogens (tertiary/aromatic N) is 1. The van der Waals surface area contributed by atoms with Gasteiger partial charge in [-0.3, -0.25) is 0 Å². The summed E-state index contributed by atoms with van der Waals surface area (Å²) in [5.74, 6) is 1.02. The van der Waals surface area contributed by atoms with Crippen LogP contribution >= 0.6 is 11.8 Å². The number of hydrogen-bond donors (Lipinski definition) is 1. The minimum Gasteiger partial charge on any atom is -0.361 e. The van der Waals surface area contributed by atoms with E-state index in [1.165, 1.54) is 0 Å². The summed E-state index contributed by atoms with van der Waals surface area (Å²) >= 11 is 1.85. The summed E-state index contributed by atoms with van der Waals surface area (Å²) in [5.41, 5.74) is 0.454. The third-order valence-electron chi connectivity index (χ3n) is 1.21. The molecule has 8 heavy (non-hydrogen) atoms. The first-order valence-corrected chi connectivity index (χ1v) is 3.58. The fraction of sp³-hybridized carbons (Fsp3) is 0.400. The van der Waals surface area contributed by atoms with Crippen molar-refractivity contribution in [2.24, 2.45) is 0 Å². The van der Waals surface area contributed by atoms with Crippen LogP contribution in [0.4, 0.5) is 0 Å². The molecule has 0 spiro atoms. The quantitative estimate of drug-likeness (QED) is 0.507. The normalized spacial score (nSPS) is 33.0. The van der Waals surface area contributed by atoms with Crippen LogP contribution in [0.1, 0.15) is 0 Å². The van der Waals surface area contributed by atoms with Gasteiger partial charge >= 0.3 is 0 Å². The first-order chi connectivity index (χ1) is 3.97. The van der Waals surface area contributed by atoms with Crippen molar-refractivity contribution in [3.63, 3.8) is 0 Å². The summed E-state index contributed by atoms with van der Waals surface area (Å²) in [6.45, 7) is 3.17. The highest BCUT2D eigenvalue weighted by Gasteiger charge is 2.24. The number of fused-ring (bicyclic) bond motifs is 1. The van der Waals surface area contributed by atoms with Gasteiger partial charge in [0.1, 0.15) is 12.0 Å². The monoisotopic (exact) mass is 126 g/mol. The van der Waals surface area contributed by atoms with Crippen LogP contribution in [0.2, 0.25) is 0 Å². The Kier molecular flexibility index (Phi) is 0.903. The fourth-order valence-corrected chi connectivity index (χ4v) is 1.68. The van der Waals surface area contributed by atoms with E-state index in [1.807, 2.05) is 24.2 Å². The molecular weight excluding hydrogens is 120 g/mol. The number of nitrogens with one attached hydrogen (secondary N) is 1. The molecule has 2 radical (unpaired) electrons. The maximum Gasteiger partial charge on any atom is 0.148 e. The highest BCUT2D eigenvalue weighted by atomic mass is 32.2. The lowest BCUT2D eigenvalue weighted by Crippen LogP contribution is -2.24. The van der Waals surface area contributed by atoms with Crippen LogP contribution in [0.3, 0.4) is 0 Å². The van der Waals surface area contributed by atoms with E-state index in [0.717, 1.165) is 5.75 Å². The van der Waals surface area contributed by atoms with E-state index >= 15 is 0 Å². The highest BCUT2D eigenvalue weighted by Crippen LogP contribution is 2.26. The number of thioether (sulfide) groups is 1. The molecule has 2 aliphatic rings. The van der Waals surface area contributed by atoms with E-state index in [4.69, 9.17) is 0 Å². The minimum atomic E-state index is 0.454. The maximum absolute atomic E-state index is 3.17. The molecule has 0 aromatic heterocycles. The van der Waals surface area contributed by atoms with Gasteiger partial charge in [-0.15, -0.1) is 11.8 Å². The molecule has 0 aliphatic carbocycles. The van der Waals surface area contributed by atoms with Crippen molar-refractivity contribution in [3.05, 3.63) is 18.9 Å². The van der Waals surface area contributed by atoms with Crippen molar-refractivity contribution in [2.45, 2.75) is 5.50 Å². The van der Waals surface area contributed by atoms with Gasteiger partial charge in [-0.1, -0.05) is 0 Å². The molecule has 0 aromatic carbocycles. The lowest BCUT2D eigenvalue weighted by molar-refractivity contribution is 0.459. The summed E-state index contributed by atoms with van der Waals surface area (Å²) in [6.07, 6.45) is 3.95. The lowest BCUT2D eigenvalue weighted by Gasteiger charge is -2.11. The molecule has 0 bridgehead atoms. The molecule has 1 fully saturated rings. The molecule has 0 amide bonds. The van der Waals surface area contributed by atoms with Crippen LogP contribution in [-0.2, 0) is 0 Å². The Balaban J connectivity index is 2.13. The van der Waals surface area contributed by atoms with E-state index in [2.05, 4.69) is 16.8 Å². The van der Waals surface area contributed by atoms with E-state index in [9.17, 15) is 0 Å². The number of hydrogen-bond acceptors (Lipinski definition) is 3. The summed E-state index contributed by atoms with van der Waals surface area (Å²) in [6, 6.07) is 0.